The third kappa shape index (κ3) is 1.81. The summed E-state index contributed by atoms with van der Waals surface area (Å²) >= 11 is 0. The molecule has 0 aliphatic carbocycles. The van der Waals surface area contributed by atoms with Gasteiger partial charge >= 0.3 is 0 Å². The predicted molar refractivity (Wildman–Crippen MR) is 70.5 cm³/mol. The first-order chi connectivity index (χ1) is 9.19. The molecular weight excluding hydrogens is 246 g/mol. The van der Waals surface area contributed by atoms with Crippen molar-refractivity contribution in [3.8, 4) is 11.4 Å². The van der Waals surface area contributed by atoms with Crippen molar-refractivity contribution in [1.82, 2.24) is 20.0 Å². The Morgan fingerprint density at radius 2 is 2.21 bits per heavy atom. The van der Waals surface area contributed by atoms with Crippen LogP contribution >= 0.6 is 0 Å². The lowest BCUT2D eigenvalue weighted by atomic mass is 10.3. The van der Waals surface area contributed by atoms with Gasteiger partial charge in [0.15, 0.2) is 11.3 Å². The molecule has 19 heavy (non-hydrogen) atoms. The molecule has 3 N–H and O–H groups in total. The first-order valence-corrected chi connectivity index (χ1v) is 5.57. The van der Waals surface area contributed by atoms with Gasteiger partial charge in [-0.15, -0.1) is 0 Å². The number of nitrogens with two attached hydrogens (primary N) is 1. The first kappa shape index (κ1) is 11.3. The van der Waals surface area contributed by atoms with Crippen molar-refractivity contribution >= 4 is 16.9 Å². The number of methoxy groups -OCH3 is 1. The van der Waals surface area contributed by atoms with Crippen LogP contribution in [0.5, 0.6) is 5.75 Å². The van der Waals surface area contributed by atoms with Crippen molar-refractivity contribution in [2.75, 3.05) is 12.8 Å². The Hall–Kier alpha value is -2.83. The van der Waals surface area contributed by atoms with Crippen LogP contribution in [0.2, 0.25) is 0 Å². The second kappa shape index (κ2) is 4.13. The monoisotopic (exact) mass is 257 g/mol. The molecule has 3 aromatic rings. The molecule has 0 saturated carbocycles. The van der Waals surface area contributed by atoms with E-state index in [9.17, 15) is 4.79 Å². The Morgan fingerprint density at radius 1 is 1.37 bits per heavy atom. The highest BCUT2D eigenvalue weighted by atomic mass is 16.5. The number of nitrogens with zero attached hydrogens (tertiary/aromatic N) is 3. The van der Waals surface area contributed by atoms with Gasteiger partial charge in [0.25, 0.3) is 5.56 Å². The van der Waals surface area contributed by atoms with E-state index < -0.39 is 0 Å². The van der Waals surface area contributed by atoms with Gasteiger partial charge in [-0.1, -0.05) is 6.07 Å². The summed E-state index contributed by atoms with van der Waals surface area (Å²) in [6, 6.07) is 8.46. The second-order valence-corrected chi connectivity index (χ2v) is 3.97. The smallest absolute Gasteiger partial charge is 0.273 e. The van der Waals surface area contributed by atoms with E-state index in [1.54, 1.807) is 31.4 Å². The maximum atomic E-state index is 12.0. The van der Waals surface area contributed by atoms with E-state index in [1.807, 2.05) is 0 Å². The molecule has 0 aliphatic rings. The lowest BCUT2D eigenvalue weighted by Crippen LogP contribution is -2.20. The van der Waals surface area contributed by atoms with E-state index >= 15 is 0 Å². The summed E-state index contributed by atoms with van der Waals surface area (Å²) in [6.45, 7) is 0. The van der Waals surface area contributed by atoms with Crippen molar-refractivity contribution < 1.29 is 4.74 Å². The number of H-pyrrole nitrogens is 1. The van der Waals surface area contributed by atoms with Gasteiger partial charge in [0.1, 0.15) is 5.75 Å². The zero-order chi connectivity index (χ0) is 13.4. The third-order valence-corrected chi connectivity index (χ3v) is 2.77. The van der Waals surface area contributed by atoms with Gasteiger partial charge in [0.05, 0.1) is 18.3 Å². The van der Waals surface area contributed by atoms with Crippen molar-refractivity contribution in [2.45, 2.75) is 0 Å². The highest BCUT2D eigenvalue weighted by molar-refractivity contribution is 5.83. The van der Waals surface area contributed by atoms with Crippen LogP contribution in [0.1, 0.15) is 0 Å². The third-order valence-electron chi connectivity index (χ3n) is 2.77. The Balaban J connectivity index is 2.26. The van der Waals surface area contributed by atoms with Crippen LogP contribution in [0, 0.1) is 0 Å². The van der Waals surface area contributed by atoms with Crippen LogP contribution in [-0.4, -0.2) is 27.1 Å². The van der Waals surface area contributed by atoms with Crippen LogP contribution in [0.4, 0.5) is 5.82 Å². The zero-order valence-corrected chi connectivity index (χ0v) is 10.1. The molecule has 7 heteroatoms. The quantitative estimate of drug-likeness (QED) is 0.704. The summed E-state index contributed by atoms with van der Waals surface area (Å²) in [5.74, 6) is 0.901. The molecule has 0 amide bonds. The fourth-order valence-corrected chi connectivity index (χ4v) is 1.83. The molecule has 0 aliphatic heterocycles. The van der Waals surface area contributed by atoms with E-state index in [0.717, 1.165) is 0 Å². The summed E-state index contributed by atoms with van der Waals surface area (Å²) < 4.78 is 6.39. The summed E-state index contributed by atoms with van der Waals surface area (Å²) in [6.07, 6.45) is 0. The second-order valence-electron chi connectivity index (χ2n) is 3.97. The number of fused-ring (bicyclic) bond motifs is 1. The number of hydrogen-bond acceptors (Lipinski definition) is 5. The first-order valence-electron chi connectivity index (χ1n) is 5.57. The number of aromatic amines is 1. The van der Waals surface area contributed by atoms with E-state index in [2.05, 4.69) is 15.3 Å². The molecule has 0 spiro atoms. The van der Waals surface area contributed by atoms with Crippen LogP contribution in [0.25, 0.3) is 16.7 Å². The van der Waals surface area contributed by atoms with Gasteiger partial charge in [0.2, 0.25) is 0 Å². The van der Waals surface area contributed by atoms with E-state index in [0.29, 0.717) is 22.5 Å². The minimum atomic E-state index is -0.274. The number of hydrogen-bond donors (Lipinski definition) is 2. The molecular formula is C12H11N5O2. The molecule has 2 aromatic heterocycles. The fraction of sp³-hybridized carbons (Fsp3) is 0.0833. The minimum absolute atomic E-state index is 0.256. The highest BCUT2D eigenvalue weighted by Crippen LogP contribution is 2.17. The van der Waals surface area contributed by atoms with E-state index in [1.165, 1.54) is 10.7 Å². The normalized spacial score (nSPS) is 10.8. The van der Waals surface area contributed by atoms with Gasteiger partial charge in [-0.05, 0) is 12.1 Å². The number of anilines is 1. The summed E-state index contributed by atoms with van der Waals surface area (Å²) in [4.78, 5) is 12.0. The lowest BCUT2D eigenvalue weighted by molar-refractivity contribution is 0.414. The van der Waals surface area contributed by atoms with Crippen molar-refractivity contribution in [3.63, 3.8) is 0 Å². The van der Waals surface area contributed by atoms with Gasteiger partial charge in [-0.25, -0.2) is 0 Å². The molecule has 96 valence electrons. The molecule has 0 saturated heterocycles. The van der Waals surface area contributed by atoms with E-state index in [-0.39, 0.29) is 11.4 Å². The molecule has 0 atom stereocenters. The van der Waals surface area contributed by atoms with Gasteiger partial charge in [-0.2, -0.15) is 14.9 Å². The molecule has 0 fully saturated rings. The van der Waals surface area contributed by atoms with Crippen molar-refractivity contribution in [1.29, 1.82) is 0 Å². The molecule has 1 aromatic carbocycles. The Labute approximate surface area is 107 Å². The number of nitrogens with one attached hydrogen (secondary N) is 1. The van der Waals surface area contributed by atoms with E-state index in [4.69, 9.17) is 10.5 Å². The average molecular weight is 257 g/mol. The predicted octanol–water partition coefficient (Wildman–Crippen LogP) is 0.700. The fourth-order valence-electron chi connectivity index (χ4n) is 1.83. The summed E-state index contributed by atoms with van der Waals surface area (Å²) in [7, 11) is 1.56. The topological polar surface area (TPSA) is 98.8 Å². The van der Waals surface area contributed by atoms with Crippen molar-refractivity contribution in [3.05, 3.63) is 40.7 Å². The summed E-state index contributed by atoms with van der Waals surface area (Å²) in [5, 5.41) is 10.7. The number of aromatic nitrogens is 4. The number of benzene rings is 1. The van der Waals surface area contributed by atoms with Crippen LogP contribution in [0.15, 0.2) is 35.1 Å². The number of nitrogen functional groups attached to an aromatic ring is 1. The Morgan fingerprint density at radius 3 is 3.00 bits per heavy atom. The molecule has 2 heterocycles. The average Bonchev–Trinajstić information content (AvgIpc) is 2.79. The minimum Gasteiger partial charge on any atom is -0.497 e. The Kier molecular flexibility index (Phi) is 2.45. The maximum Gasteiger partial charge on any atom is 0.273 e. The van der Waals surface area contributed by atoms with Crippen molar-refractivity contribution in [2.24, 2.45) is 0 Å². The Bertz CT molecular complexity index is 805. The summed E-state index contributed by atoms with van der Waals surface area (Å²) in [5.41, 5.74) is 6.99. The molecule has 3 rings (SSSR count). The van der Waals surface area contributed by atoms with Crippen LogP contribution in [0.3, 0.4) is 0 Å². The zero-order valence-electron chi connectivity index (χ0n) is 10.1. The van der Waals surface area contributed by atoms with Gasteiger partial charge in [-0.3, -0.25) is 9.89 Å². The molecule has 0 radical (unpaired) electrons. The molecule has 0 unspecified atom stereocenters. The molecule has 0 bridgehead atoms. The number of ether oxygens (including phenoxy) is 1. The van der Waals surface area contributed by atoms with Crippen LogP contribution < -0.4 is 16.0 Å². The van der Waals surface area contributed by atoms with Crippen LogP contribution in [-0.2, 0) is 0 Å². The van der Waals surface area contributed by atoms with Gasteiger partial charge in [0, 0.05) is 12.1 Å². The highest BCUT2D eigenvalue weighted by Gasteiger charge is 2.09. The SMILES string of the molecule is COc1cccc(-n2nc3c(N)n[nH]c3cc2=O)c1. The molecule has 7 nitrogen and oxygen atoms in total. The maximum absolute atomic E-state index is 12.0. The van der Waals surface area contributed by atoms with Gasteiger partial charge < -0.3 is 10.5 Å². The largest absolute Gasteiger partial charge is 0.497 e. The standard InChI is InChI=1S/C12H11N5O2/c1-19-8-4-2-3-7(5-8)17-10(18)6-9-11(16-17)12(13)15-14-9/h2-6,14H,1H3,(H2,13,15). The lowest BCUT2D eigenvalue weighted by Gasteiger charge is -2.06. The number of rotatable bonds is 2.